The molecular weight excluding hydrogens is 240 g/mol. The third kappa shape index (κ3) is 4.19. The molecule has 102 valence electrons. The van der Waals surface area contributed by atoms with E-state index in [2.05, 4.69) is 30.0 Å². The monoisotopic (exact) mass is 260 g/mol. The van der Waals surface area contributed by atoms with Gasteiger partial charge in [0.05, 0.1) is 6.61 Å². The van der Waals surface area contributed by atoms with Crippen molar-refractivity contribution < 1.29 is 9.53 Å². The summed E-state index contributed by atoms with van der Waals surface area (Å²) < 4.78 is 5.33. The van der Waals surface area contributed by atoms with E-state index >= 15 is 0 Å². The van der Waals surface area contributed by atoms with Crippen molar-refractivity contribution in [1.29, 1.82) is 0 Å². The predicted octanol–water partition coefficient (Wildman–Crippen LogP) is 1.28. The second-order valence-corrected chi connectivity index (χ2v) is 4.90. The summed E-state index contributed by atoms with van der Waals surface area (Å²) in [4.78, 5) is 13.3. The smallest absolute Gasteiger partial charge is 0.247 e. The molecular formula is C15H20N2O2. The van der Waals surface area contributed by atoms with Crippen LogP contribution in [-0.4, -0.2) is 43.2 Å². The summed E-state index contributed by atoms with van der Waals surface area (Å²) in [6, 6.07) is 10.2. The molecule has 1 fully saturated rings. The second-order valence-electron chi connectivity index (χ2n) is 4.90. The Bertz CT molecular complexity index is 456. The van der Waals surface area contributed by atoms with Crippen LogP contribution in [0, 0.1) is 0 Å². The van der Waals surface area contributed by atoms with Gasteiger partial charge in [-0.25, -0.2) is 0 Å². The lowest BCUT2D eigenvalue weighted by Crippen LogP contribution is -2.48. The highest BCUT2D eigenvalue weighted by Crippen LogP contribution is 2.11. The van der Waals surface area contributed by atoms with Gasteiger partial charge in [-0.2, -0.15) is 0 Å². The van der Waals surface area contributed by atoms with Gasteiger partial charge >= 0.3 is 0 Å². The van der Waals surface area contributed by atoms with E-state index in [-0.39, 0.29) is 5.91 Å². The number of hydrogen-bond donors (Lipinski definition) is 1. The van der Waals surface area contributed by atoms with Crippen molar-refractivity contribution in [3.8, 4) is 0 Å². The first-order valence-electron chi connectivity index (χ1n) is 6.50. The first-order chi connectivity index (χ1) is 9.15. The number of benzene rings is 1. The highest BCUT2D eigenvalue weighted by atomic mass is 16.5. The first-order valence-corrected chi connectivity index (χ1v) is 6.50. The molecule has 4 heteroatoms. The molecule has 1 aromatic carbocycles. The van der Waals surface area contributed by atoms with E-state index in [9.17, 15) is 4.79 Å². The third-order valence-electron chi connectivity index (χ3n) is 3.15. The summed E-state index contributed by atoms with van der Waals surface area (Å²) in [5, 5.41) is 0. The first kappa shape index (κ1) is 13.8. The minimum atomic E-state index is -0.474. The average Bonchev–Trinajstić information content (AvgIpc) is 2.40. The Labute approximate surface area is 113 Å². The highest BCUT2D eigenvalue weighted by molar-refractivity contribution is 5.79. The number of hydrogen-bond acceptors (Lipinski definition) is 3. The second kappa shape index (κ2) is 6.50. The number of carbonyl (C=O) groups excluding carboxylic acids is 1. The fraction of sp³-hybridized carbons (Fsp3) is 0.400. The van der Waals surface area contributed by atoms with Gasteiger partial charge in [0.15, 0.2) is 0 Å². The van der Waals surface area contributed by atoms with Crippen molar-refractivity contribution in [2.45, 2.75) is 13.0 Å². The van der Waals surface area contributed by atoms with Gasteiger partial charge in [0.25, 0.3) is 0 Å². The van der Waals surface area contributed by atoms with E-state index in [0.29, 0.717) is 13.2 Å². The number of amides is 1. The van der Waals surface area contributed by atoms with Crippen molar-refractivity contribution >= 4 is 12.0 Å². The zero-order valence-corrected chi connectivity index (χ0v) is 11.2. The number of nitrogens with two attached hydrogens (primary N) is 1. The van der Waals surface area contributed by atoms with Crippen molar-refractivity contribution in [3.05, 3.63) is 41.5 Å². The van der Waals surface area contributed by atoms with Crippen molar-refractivity contribution in [1.82, 2.24) is 4.90 Å². The molecule has 1 saturated heterocycles. The third-order valence-corrected chi connectivity index (χ3v) is 3.15. The van der Waals surface area contributed by atoms with Crippen LogP contribution in [0.2, 0.25) is 0 Å². The van der Waals surface area contributed by atoms with Gasteiger partial charge in [-0.05, 0) is 12.5 Å². The molecule has 1 unspecified atom stereocenters. The molecule has 2 rings (SSSR count). The van der Waals surface area contributed by atoms with Crippen LogP contribution >= 0.6 is 0 Å². The van der Waals surface area contributed by atoms with E-state index in [1.54, 1.807) is 0 Å². The minimum Gasteiger partial charge on any atom is -0.367 e. The van der Waals surface area contributed by atoms with Crippen LogP contribution in [0.25, 0.3) is 6.08 Å². The van der Waals surface area contributed by atoms with E-state index in [1.165, 1.54) is 11.1 Å². The van der Waals surface area contributed by atoms with Crippen molar-refractivity contribution in [3.63, 3.8) is 0 Å². The van der Waals surface area contributed by atoms with Crippen LogP contribution in [0.1, 0.15) is 12.5 Å². The van der Waals surface area contributed by atoms with Crippen LogP contribution in [0.5, 0.6) is 0 Å². The van der Waals surface area contributed by atoms with Gasteiger partial charge in [-0.1, -0.05) is 42.0 Å². The number of primary amides is 1. The van der Waals surface area contributed by atoms with Crippen LogP contribution < -0.4 is 5.73 Å². The Kier molecular flexibility index (Phi) is 4.71. The number of rotatable bonds is 4. The molecule has 1 aromatic rings. The standard InChI is InChI=1S/C15H20N2O2/c1-12(9-13-5-3-2-4-6-13)10-17-7-8-19-14(11-17)15(16)18/h2-6,9,14H,7-8,10-11H2,1H3,(H2,16,18)/b12-9+. The van der Waals surface area contributed by atoms with Crippen LogP contribution in [0.3, 0.4) is 0 Å². The summed E-state index contributed by atoms with van der Waals surface area (Å²) in [5.41, 5.74) is 7.73. The summed E-state index contributed by atoms with van der Waals surface area (Å²) in [6.45, 7) is 4.91. The van der Waals surface area contributed by atoms with E-state index in [4.69, 9.17) is 10.5 Å². The van der Waals surface area contributed by atoms with E-state index < -0.39 is 6.10 Å². The quantitative estimate of drug-likeness (QED) is 0.887. The molecule has 19 heavy (non-hydrogen) atoms. The topological polar surface area (TPSA) is 55.6 Å². The Hall–Kier alpha value is -1.65. The van der Waals surface area contributed by atoms with Crippen LogP contribution in [0.15, 0.2) is 35.9 Å². The molecule has 0 aliphatic carbocycles. The van der Waals surface area contributed by atoms with E-state index in [0.717, 1.165) is 13.1 Å². The Morgan fingerprint density at radius 1 is 1.47 bits per heavy atom. The van der Waals surface area contributed by atoms with Crippen molar-refractivity contribution in [2.75, 3.05) is 26.2 Å². The molecule has 1 amide bonds. The zero-order chi connectivity index (χ0) is 13.7. The van der Waals surface area contributed by atoms with Crippen LogP contribution in [0.4, 0.5) is 0 Å². The SMILES string of the molecule is C/C(=C\c1ccccc1)CN1CCOC(C(N)=O)C1. The van der Waals surface area contributed by atoms with Gasteiger partial charge < -0.3 is 10.5 Å². The number of nitrogens with zero attached hydrogens (tertiary/aromatic N) is 1. The van der Waals surface area contributed by atoms with Gasteiger partial charge in [0.1, 0.15) is 6.10 Å². The highest BCUT2D eigenvalue weighted by Gasteiger charge is 2.24. The number of ether oxygens (including phenoxy) is 1. The molecule has 2 N–H and O–H groups in total. The molecule has 0 bridgehead atoms. The predicted molar refractivity (Wildman–Crippen MR) is 75.5 cm³/mol. The minimum absolute atomic E-state index is 0.380. The maximum absolute atomic E-state index is 11.1. The van der Waals surface area contributed by atoms with E-state index in [1.807, 2.05) is 18.2 Å². The molecule has 0 saturated carbocycles. The van der Waals surface area contributed by atoms with Gasteiger partial charge in [-0.15, -0.1) is 0 Å². The number of carbonyl (C=O) groups is 1. The lowest BCUT2D eigenvalue weighted by Gasteiger charge is -2.31. The zero-order valence-electron chi connectivity index (χ0n) is 11.2. The molecule has 0 aromatic heterocycles. The van der Waals surface area contributed by atoms with Gasteiger partial charge in [-0.3, -0.25) is 9.69 Å². The number of morpholine rings is 1. The molecule has 1 heterocycles. The molecule has 1 atom stereocenters. The largest absolute Gasteiger partial charge is 0.367 e. The summed E-state index contributed by atoms with van der Waals surface area (Å²) in [5.74, 6) is -0.380. The van der Waals surface area contributed by atoms with Crippen molar-refractivity contribution in [2.24, 2.45) is 5.73 Å². The van der Waals surface area contributed by atoms with Crippen LogP contribution in [-0.2, 0) is 9.53 Å². The Morgan fingerprint density at radius 3 is 2.89 bits per heavy atom. The summed E-state index contributed by atoms with van der Waals surface area (Å²) in [7, 11) is 0. The molecule has 1 aliphatic rings. The average molecular weight is 260 g/mol. The summed E-state index contributed by atoms with van der Waals surface area (Å²) >= 11 is 0. The molecule has 1 aliphatic heterocycles. The fourth-order valence-corrected chi connectivity index (χ4v) is 2.25. The normalized spacial score (nSPS) is 21.3. The Morgan fingerprint density at radius 2 is 2.21 bits per heavy atom. The maximum atomic E-state index is 11.1. The molecule has 0 spiro atoms. The van der Waals surface area contributed by atoms with Gasteiger partial charge in [0.2, 0.25) is 5.91 Å². The Balaban J connectivity index is 1.93. The summed E-state index contributed by atoms with van der Waals surface area (Å²) in [6.07, 6.45) is 1.69. The lowest BCUT2D eigenvalue weighted by molar-refractivity contribution is -0.134. The molecule has 4 nitrogen and oxygen atoms in total. The fourth-order valence-electron chi connectivity index (χ4n) is 2.25. The maximum Gasteiger partial charge on any atom is 0.247 e. The van der Waals surface area contributed by atoms with Gasteiger partial charge in [0, 0.05) is 19.6 Å². The lowest BCUT2D eigenvalue weighted by atomic mass is 10.1. The molecule has 0 radical (unpaired) electrons.